The Labute approximate surface area is 95.0 Å². The molecule has 0 radical (unpaired) electrons. The van der Waals surface area contributed by atoms with Crippen molar-refractivity contribution in [3.63, 3.8) is 0 Å². The molecule has 0 aromatic heterocycles. The normalized spacial score (nSPS) is 21.2. The topological polar surface area (TPSA) is 63.6 Å². The molecule has 1 aromatic rings. The molecule has 0 saturated carbocycles. The smallest absolute Gasteiger partial charge is 0.269 e. The molecule has 1 unspecified atom stereocenters. The van der Waals surface area contributed by atoms with Crippen molar-refractivity contribution in [2.45, 2.75) is 24.7 Å². The summed E-state index contributed by atoms with van der Waals surface area (Å²) in [4.78, 5) is 0. The summed E-state index contributed by atoms with van der Waals surface area (Å²) in [5.74, 6) is -0.340. The van der Waals surface area contributed by atoms with Gasteiger partial charge < -0.3 is 4.74 Å². The fourth-order valence-corrected chi connectivity index (χ4v) is 2.54. The van der Waals surface area contributed by atoms with Crippen molar-refractivity contribution in [2.75, 3.05) is 6.61 Å². The van der Waals surface area contributed by atoms with E-state index in [-0.39, 0.29) is 11.9 Å². The van der Waals surface area contributed by atoms with Gasteiger partial charge in [-0.2, -0.15) is 8.42 Å². The maximum Gasteiger partial charge on any atom is 0.269 e. The lowest BCUT2D eigenvalue weighted by atomic mass is 10.0. The molecule has 1 fully saturated rings. The first-order chi connectivity index (χ1) is 7.54. The average molecular weight is 242 g/mol. The van der Waals surface area contributed by atoms with Gasteiger partial charge in [0.25, 0.3) is 10.1 Å². The van der Waals surface area contributed by atoms with Gasteiger partial charge in [-0.25, -0.2) is 0 Å². The van der Waals surface area contributed by atoms with E-state index in [0.717, 1.165) is 25.0 Å². The van der Waals surface area contributed by atoms with Gasteiger partial charge >= 0.3 is 0 Å². The second-order valence-corrected chi connectivity index (χ2v) is 5.43. The maximum atomic E-state index is 10.8. The van der Waals surface area contributed by atoms with Crippen LogP contribution in [0.25, 0.3) is 0 Å². The van der Waals surface area contributed by atoms with Crippen LogP contribution in [0.4, 0.5) is 0 Å². The summed E-state index contributed by atoms with van der Waals surface area (Å²) in [5.41, 5.74) is 1.58. The van der Waals surface area contributed by atoms with Crippen molar-refractivity contribution >= 4 is 10.1 Å². The SMILES string of the molecule is O=S(=O)(O)Cc1cccc(C2CCCO2)c1. The molecule has 1 aromatic carbocycles. The Morgan fingerprint density at radius 2 is 2.25 bits per heavy atom. The highest BCUT2D eigenvalue weighted by atomic mass is 32.2. The zero-order valence-electron chi connectivity index (χ0n) is 8.80. The number of hydrogen-bond donors (Lipinski definition) is 1. The van der Waals surface area contributed by atoms with Crippen LogP contribution in [-0.4, -0.2) is 19.6 Å². The Bertz CT molecular complexity index is 461. The van der Waals surface area contributed by atoms with E-state index < -0.39 is 10.1 Å². The van der Waals surface area contributed by atoms with E-state index in [1.165, 1.54) is 0 Å². The van der Waals surface area contributed by atoms with Gasteiger partial charge in [0.1, 0.15) is 5.75 Å². The lowest BCUT2D eigenvalue weighted by molar-refractivity contribution is 0.112. The van der Waals surface area contributed by atoms with Crippen molar-refractivity contribution in [1.29, 1.82) is 0 Å². The van der Waals surface area contributed by atoms with Crippen LogP contribution in [0.15, 0.2) is 24.3 Å². The van der Waals surface area contributed by atoms with Crippen LogP contribution in [-0.2, 0) is 20.6 Å². The van der Waals surface area contributed by atoms with E-state index in [9.17, 15) is 8.42 Å². The van der Waals surface area contributed by atoms with Crippen LogP contribution in [0.1, 0.15) is 30.1 Å². The molecule has 5 heteroatoms. The first-order valence-electron chi connectivity index (χ1n) is 5.20. The predicted molar refractivity (Wildman–Crippen MR) is 59.6 cm³/mol. The second-order valence-electron chi connectivity index (χ2n) is 3.97. The third-order valence-electron chi connectivity index (χ3n) is 2.60. The fraction of sp³-hybridized carbons (Fsp3) is 0.455. The summed E-state index contributed by atoms with van der Waals surface area (Å²) in [6.07, 6.45) is 2.07. The van der Waals surface area contributed by atoms with Gasteiger partial charge in [-0.05, 0) is 24.0 Å². The molecule has 1 aliphatic heterocycles. The first kappa shape index (κ1) is 11.6. The highest BCUT2D eigenvalue weighted by Crippen LogP contribution is 2.28. The van der Waals surface area contributed by atoms with Gasteiger partial charge in [-0.15, -0.1) is 0 Å². The van der Waals surface area contributed by atoms with Gasteiger partial charge in [-0.3, -0.25) is 4.55 Å². The maximum absolute atomic E-state index is 10.8. The van der Waals surface area contributed by atoms with Crippen LogP contribution in [0.3, 0.4) is 0 Å². The molecule has 0 amide bonds. The molecule has 0 bridgehead atoms. The van der Waals surface area contributed by atoms with E-state index in [2.05, 4.69) is 0 Å². The molecule has 4 nitrogen and oxygen atoms in total. The van der Waals surface area contributed by atoms with Crippen LogP contribution in [0.5, 0.6) is 0 Å². The van der Waals surface area contributed by atoms with E-state index in [1.807, 2.05) is 6.07 Å². The van der Waals surface area contributed by atoms with Gasteiger partial charge in [0.05, 0.1) is 6.10 Å². The fourth-order valence-electron chi connectivity index (χ4n) is 1.93. The minimum atomic E-state index is -3.96. The zero-order chi connectivity index (χ0) is 11.6. The number of ether oxygens (including phenoxy) is 1. The van der Waals surface area contributed by atoms with Crippen molar-refractivity contribution in [2.24, 2.45) is 0 Å². The van der Waals surface area contributed by atoms with E-state index in [0.29, 0.717) is 5.56 Å². The summed E-state index contributed by atoms with van der Waals surface area (Å²) < 4.78 is 35.8. The standard InChI is InChI=1S/C11H14O4S/c12-16(13,14)8-9-3-1-4-10(7-9)11-5-2-6-15-11/h1,3-4,7,11H,2,5-6,8H2,(H,12,13,14). The summed E-state index contributed by atoms with van der Waals surface area (Å²) >= 11 is 0. The molecule has 1 N–H and O–H groups in total. The summed E-state index contributed by atoms with van der Waals surface area (Å²) in [5, 5.41) is 0. The van der Waals surface area contributed by atoms with Gasteiger partial charge in [0.2, 0.25) is 0 Å². The van der Waals surface area contributed by atoms with Crippen LogP contribution in [0, 0.1) is 0 Å². The summed E-state index contributed by atoms with van der Waals surface area (Å²) in [7, 11) is -3.96. The number of rotatable bonds is 3. The van der Waals surface area contributed by atoms with Crippen LogP contribution >= 0.6 is 0 Å². The van der Waals surface area contributed by atoms with Crippen LogP contribution in [0.2, 0.25) is 0 Å². The number of benzene rings is 1. The first-order valence-corrected chi connectivity index (χ1v) is 6.81. The molecule has 1 atom stereocenters. The van der Waals surface area contributed by atoms with E-state index in [1.54, 1.807) is 18.2 Å². The van der Waals surface area contributed by atoms with E-state index in [4.69, 9.17) is 9.29 Å². The molecule has 88 valence electrons. The third kappa shape index (κ3) is 3.04. The lowest BCUT2D eigenvalue weighted by Gasteiger charge is -2.10. The highest BCUT2D eigenvalue weighted by Gasteiger charge is 2.18. The molecule has 16 heavy (non-hydrogen) atoms. The molecule has 2 rings (SSSR count). The number of hydrogen-bond acceptors (Lipinski definition) is 3. The van der Waals surface area contributed by atoms with Crippen molar-refractivity contribution in [1.82, 2.24) is 0 Å². The Kier molecular flexibility index (Phi) is 3.28. The Morgan fingerprint density at radius 1 is 1.44 bits per heavy atom. The molecular formula is C11H14O4S. The Hall–Kier alpha value is -0.910. The van der Waals surface area contributed by atoms with Gasteiger partial charge in [-0.1, -0.05) is 24.3 Å². The predicted octanol–water partition coefficient (Wildman–Crippen LogP) is 1.93. The molecular weight excluding hydrogens is 228 g/mol. The molecule has 1 heterocycles. The monoisotopic (exact) mass is 242 g/mol. The van der Waals surface area contributed by atoms with Crippen molar-refractivity contribution in [3.05, 3.63) is 35.4 Å². The van der Waals surface area contributed by atoms with Gasteiger partial charge in [0.15, 0.2) is 0 Å². The lowest BCUT2D eigenvalue weighted by Crippen LogP contribution is -2.03. The second kappa shape index (κ2) is 4.53. The quantitative estimate of drug-likeness (QED) is 0.822. The average Bonchev–Trinajstić information content (AvgIpc) is 2.68. The summed E-state index contributed by atoms with van der Waals surface area (Å²) in [6.45, 7) is 0.757. The zero-order valence-corrected chi connectivity index (χ0v) is 9.61. The van der Waals surface area contributed by atoms with Crippen molar-refractivity contribution < 1.29 is 17.7 Å². The summed E-state index contributed by atoms with van der Waals surface area (Å²) in [6, 6.07) is 7.18. The minimum absolute atomic E-state index is 0.0707. The molecule has 1 saturated heterocycles. The van der Waals surface area contributed by atoms with Crippen molar-refractivity contribution in [3.8, 4) is 0 Å². The molecule has 0 aliphatic carbocycles. The Morgan fingerprint density at radius 3 is 2.88 bits per heavy atom. The van der Waals surface area contributed by atoms with E-state index >= 15 is 0 Å². The molecule has 0 spiro atoms. The highest BCUT2D eigenvalue weighted by molar-refractivity contribution is 7.85. The molecule has 1 aliphatic rings. The Balaban J connectivity index is 2.19. The van der Waals surface area contributed by atoms with Gasteiger partial charge in [0, 0.05) is 6.61 Å². The minimum Gasteiger partial charge on any atom is -0.374 e. The largest absolute Gasteiger partial charge is 0.374 e. The third-order valence-corrected chi connectivity index (χ3v) is 3.30. The van der Waals surface area contributed by atoms with Crippen LogP contribution < -0.4 is 0 Å².